The van der Waals surface area contributed by atoms with Crippen molar-refractivity contribution in [1.29, 1.82) is 0 Å². The molecular formula is C9H14N2O2S. The van der Waals surface area contributed by atoms with Crippen LogP contribution in [-0.2, 0) is 9.59 Å². The smallest absolute Gasteiger partial charge is 0.215 e. The first-order valence-electron chi connectivity index (χ1n) is 4.39. The average Bonchev–Trinajstić information content (AvgIpc) is 2.59. The Hall–Kier alpha value is -0.810. The zero-order valence-electron chi connectivity index (χ0n) is 8.48. The number of nitrogens with one attached hydrogen (secondary N) is 1. The molecule has 0 radical (unpaired) electrons. The molecule has 1 aliphatic rings. The van der Waals surface area contributed by atoms with Gasteiger partial charge < -0.3 is 5.32 Å². The van der Waals surface area contributed by atoms with Crippen LogP contribution in [0.2, 0.25) is 0 Å². The second-order valence-corrected chi connectivity index (χ2v) is 4.17. The molecule has 0 saturated carbocycles. The van der Waals surface area contributed by atoms with E-state index < -0.39 is 0 Å². The van der Waals surface area contributed by atoms with E-state index in [0.717, 1.165) is 0 Å². The fraction of sp³-hybridized carbons (Fsp3) is 0.556. The molecule has 0 aromatic heterocycles. The predicted molar refractivity (Wildman–Crippen MR) is 56.6 cm³/mol. The Morgan fingerprint density at radius 1 is 1.79 bits per heavy atom. The number of nitrogens with zero attached hydrogens (tertiary/aromatic N) is 1. The standard InChI is InChI=1S/C9H14N2O2S/c1-6(10-3)9-11(5-12)8(4-14-9)7(2)13/h4-6,9-10H,1-3H3. The van der Waals surface area contributed by atoms with Crippen molar-refractivity contribution in [3.63, 3.8) is 0 Å². The van der Waals surface area contributed by atoms with Crippen molar-refractivity contribution in [1.82, 2.24) is 10.2 Å². The second-order valence-electron chi connectivity index (χ2n) is 3.18. The molecule has 2 atom stereocenters. The van der Waals surface area contributed by atoms with Crippen molar-refractivity contribution in [3.8, 4) is 0 Å². The summed E-state index contributed by atoms with van der Waals surface area (Å²) < 4.78 is 0. The molecule has 1 aliphatic heterocycles. The van der Waals surface area contributed by atoms with E-state index in [1.165, 1.54) is 23.6 Å². The largest absolute Gasteiger partial charge is 0.314 e. The number of allylic oxidation sites excluding steroid dienone is 1. The highest BCUT2D eigenvalue weighted by molar-refractivity contribution is 8.03. The van der Waals surface area contributed by atoms with E-state index >= 15 is 0 Å². The van der Waals surface area contributed by atoms with Crippen LogP contribution < -0.4 is 5.32 Å². The van der Waals surface area contributed by atoms with Crippen molar-refractivity contribution in [2.24, 2.45) is 0 Å². The maximum absolute atomic E-state index is 11.2. The topological polar surface area (TPSA) is 49.4 Å². The lowest BCUT2D eigenvalue weighted by Gasteiger charge is -2.26. The maximum atomic E-state index is 11.2. The molecule has 14 heavy (non-hydrogen) atoms. The van der Waals surface area contributed by atoms with Gasteiger partial charge in [-0.3, -0.25) is 14.5 Å². The Balaban J connectivity index is 2.79. The minimum Gasteiger partial charge on any atom is -0.314 e. The van der Waals surface area contributed by atoms with E-state index in [0.29, 0.717) is 12.1 Å². The van der Waals surface area contributed by atoms with E-state index in [9.17, 15) is 9.59 Å². The normalized spacial score (nSPS) is 23.2. The first kappa shape index (κ1) is 11.3. The van der Waals surface area contributed by atoms with Crippen LogP contribution in [0.4, 0.5) is 0 Å². The first-order chi connectivity index (χ1) is 6.61. The summed E-state index contributed by atoms with van der Waals surface area (Å²) in [6.07, 6.45) is 0.714. The zero-order valence-corrected chi connectivity index (χ0v) is 9.30. The number of Topliss-reactive ketones (excluding diaryl/α,β-unsaturated/α-hetero) is 1. The van der Waals surface area contributed by atoms with E-state index in [-0.39, 0.29) is 17.2 Å². The van der Waals surface area contributed by atoms with Gasteiger partial charge in [-0.25, -0.2) is 0 Å². The number of thioether (sulfide) groups is 1. The van der Waals surface area contributed by atoms with Gasteiger partial charge in [0.05, 0.1) is 5.70 Å². The highest BCUT2D eigenvalue weighted by atomic mass is 32.2. The van der Waals surface area contributed by atoms with Crippen molar-refractivity contribution < 1.29 is 9.59 Å². The second kappa shape index (κ2) is 4.61. The van der Waals surface area contributed by atoms with Gasteiger partial charge in [0, 0.05) is 18.4 Å². The Morgan fingerprint density at radius 2 is 2.43 bits per heavy atom. The molecule has 1 amide bonds. The molecule has 0 saturated heterocycles. The number of carbonyl (C=O) groups is 2. The Morgan fingerprint density at radius 3 is 2.86 bits per heavy atom. The van der Waals surface area contributed by atoms with Crippen LogP contribution in [0.5, 0.6) is 0 Å². The molecule has 0 fully saturated rings. The van der Waals surface area contributed by atoms with E-state index in [4.69, 9.17) is 0 Å². The first-order valence-corrected chi connectivity index (χ1v) is 5.33. The lowest BCUT2D eigenvalue weighted by Crippen LogP contribution is -2.42. The molecular weight excluding hydrogens is 200 g/mol. The van der Waals surface area contributed by atoms with Gasteiger partial charge in [-0.05, 0) is 14.0 Å². The van der Waals surface area contributed by atoms with Crippen LogP contribution in [0.1, 0.15) is 13.8 Å². The third-order valence-corrected chi connectivity index (χ3v) is 3.50. The van der Waals surface area contributed by atoms with Crippen LogP contribution >= 0.6 is 11.8 Å². The molecule has 1 heterocycles. The van der Waals surface area contributed by atoms with Gasteiger partial charge in [0.2, 0.25) is 6.41 Å². The number of hydrogen-bond acceptors (Lipinski definition) is 4. The molecule has 4 nitrogen and oxygen atoms in total. The summed E-state index contributed by atoms with van der Waals surface area (Å²) in [5.41, 5.74) is 0.483. The van der Waals surface area contributed by atoms with E-state index in [1.54, 1.807) is 5.41 Å². The van der Waals surface area contributed by atoms with Crippen LogP contribution in [0.3, 0.4) is 0 Å². The highest BCUT2D eigenvalue weighted by Gasteiger charge is 2.32. The van der Waals surface area contributed by atoms with E-state index in [2.05, 4.69) is 5.32 Å². The summed E-state index contributed by atoms with van der Waals surface area (Å²) in [5, 5.41) is 4.79. The minimum atomic E-state index is -0.0737. The fourth-order valence-corrected chi connectivity index (χ4v) is 2.50. The van der Waals surface area contributed by atoms with Crippen molar-refractivity contribution in [2.75, 3.05) is 7.05 Å². The number of rotatable bonds is 4. The quantitative estimate of drug-likeness (QED) is 0.695. The van der Waals surface area contributed by atoms with Crippen molar-refractivity contribution in [2.45, 2.75) is 25.3 Å². The number of ketones is 1. The van der Waals surface area contributed by atoms with Gasteiger partial charge in [-0.15, -0.1) is 11.8 Å². The fourth-order valence-electron chi connectivity index (χ4n) is 1.28. The van der Waals surface area contributed by atoms with Gasteiger partial charge in [0.1, 0.15) is 5.37 Å². The molecule has 78 valence electrons. The van der Waals surface area contributed by atoms with Crippen molar-refractivity contribution in [3.05, 3.63) is 11.1 Å². The van der Waals surface area contributed by atoms with Gasteiger partial charge in [-0.1, -0.05) is 0 Å². The van der Waals surface area contributed by atoms with Crippen LogP contribution in [0.25, 0.3) is 0 Å². The summed E-state index contributed by atoms with van der Waals surface area (Å²) in [5.74, 6) is -0.0737. The monoisotopic (exact) mass is 214 g/mol. The zero-order chi connectivity index (χ0) is 10.7. The third kappa shape index (κ3) is 1.99. The molecule has 2 unspecified atom stereocenters. The predicted octanol–water partition coefficient (Wildman–Crippen LogP) is 0.556. The van der Waals surface area contributed by atoms with E-state index in [1.807, 2.05) is 14.0 Å². The molecule has 0 aromatic rings. The summed E-state index contributed by atoms with van der Waals surface area (Å²) >= 11 is 1.49. The minimum absolute atomic E-state index is 0.0172. The Bertz CT molecular complexity index is 278. The molecule has 5 heteroatoms. The number of amides is 1. The summed E-state index contributed by atoms with van der Waals surface area (Å²) in [6.45, 7) is 3.44. The van der Waals surface area contributed by atoms with Gasteiger partial charge >= 0.3 is 0 Å². The van der Waals surface area contributed by atoms with Gasteiger partial charge in [0.25, 0.3) is 0 Å². The summed E-state index contributed by atoms with van der Waals surface area (Å²) in [7, 11) is 1.83. The maximum Gasteiger partial charge on any atom is 0.215 e. The molecule has 1 N–H and O–H groups in total. The molecule has 0 aromatic carbocycles. The number of carbonyl (C=O) groups excluding carboxylic acids is 2. The summed E-state index contributed by atoms with van der Waals surface area (Å²) in [4.78, 5) is 23.5. The molecule has 0 aliphatic carbocycles. The SMILES string of the molecule is CNC(C)C1SC=C(C(C)=O)N1C=O. The lowest BCUT2D eigenvalue weighted by atomic mass is 10.2. The van der Waals surface area contributed by atoms with Gasteiger partial charge in [0.15, 0.2) is 5.78 Å². The van der Waals surface area contributed by atoms with Crippen LogP contribution in [-0.4, -0.2) is 35.6 Å². The average molecular weight is 214 g/mol. The van der Waals surface area contributed by atoms with Crippen LogP contribution in [0, 0.1) is 0 Å². The van der Waals surface area contributed by atoms with Crippen LogP contribution in [0.15, 0.2) is 11.1 Å². The Kier molecular flexibility index (Phi) is 3.71. The Labute approximate surface area is 87.7 Å². The third-order valence-electron chi connectivity index (χ3n) is 2.23. The lowest BCUT2D eigenvalue weighted by molar-refractivity contribution is -0.122. The molecule has 1 rings (SSSR count). The highest BCUT2D eigenvalue weighted by Crippen LogP contribution is 2.31. The summed E-state index contributed by atoms with van der Waals surface area (Å²) in [6, 6.07) is 0.151. The molecule has 0 spiro atoms. The molecule has 0 bridgehead atoms. The van der Waals surface area contributed by atoms with Gasteiger partial charge in [-0.2, -0.15) is 0 Å². The number of likely N-dealkylation sites (N-methyl/N-ethyl adjacent to an activating group) is 1. The van der Waals surface area contributed by atoms with Crippen molar-refractivity contribution >= 4 is 24.0 Å². The number of hydrogen-bond donors (Lipinski definition) is 1.